The monoisotopic (exact) mass is 406 g/mol. The Morgan fingerprint density at radius 2 is 1.93 bits per heavy atom. The van der Waals surface area contributed by atoms with Gasteiger partial charge in [0, 0.05) is 18.3 Å². The van der Waals surface area contributed by atoms with Crippen molar-refractivity contribution in [3.8, 4) is 23.3 Å². The molecule has 0 radical (unpaired) electrons. The Labute approximate surface area is 177 Å². The smallest absolute Gasteiger partial charge is 0.251 e. The number of nitrogens with zero attached hydrogens (tertiary/aromatic N) is 2. The zero-order valence-corrected chi connectivity index (χ0v) is 17.3. The van der Waals surface area contributed by atoms with E-state index in [1.54, 1.807) is 36.3 Å². The molecule has 30 heavy (non-hydrogen) atoms. The molecule has 0 atom stereocenters. The fourth-order valence-corrected chi connectivity index (χ4v) is 2.73. The van der Waals surface area contributed by atoms with E-state index in [2.05, 4.69) is 12.6 Å². The summed E-state index contributed by atoms with van der Waals surface area (Å²) in [5.41, 5.74) is 1.49. The maximum absolute atomic E-state index is 12.8. The molecule has 6 heteroatoms. The standard InChI is InChI=1S/C24H26N2O4/c1-4-17-30-22-13-7-19(18-23(22)28-3)8-14-24(27)26(16-6-15-25)20-9-11-21(12-10-20)29-5-2/h4,7-14,18H,1,5-6,16-17H2,2-3H3/b14-8+. The van der Waals surface area contributed by atoms with Gasteiger partial charge in [-0.15, -0.1) is 0 Å². The van der Waals surface area contributed by atoms with Crippen LogP contribution in [0, 0.1) is 11.3 Å². The minimum absolute atomic E-state index is 0.222. The van der Waals surface area contributed by atoms with Gasteiger partial charge in [0.25, 0.3) is 5.91 Å². The predicted molar refractivity (Wildman–Crippen MR) is 118 cm³/mol. The quantitative estimate of drug-likeness (QED) is 0.402. The Balaban J connectivity index is 2.19. The normalized spacial score (nSPS) is 10.3. The molecule has 0 aliphatic rings. The van der Waals surface area contributed by atoms with Gasteiger partial charge in [-0.1, -0.05) is 18.7 Å². The molecular weight excluding hydrogens is 380 g/mol. The summed E-state index contributed by atoms with van der Waals surface area (Å²) in [5.74, 6) is 1.68. The van der Waals surface area contributed by atoms with E-state index in [0.29, 0.717) is 36.9 Å². The molecule has 0 bridgehead atoms. The van der Waals surface area contributed by atoms with E-state index in [0.717, 1.165) is 11.3 Å². The average Bonchev–Trinajstić information content (AvgIpc) is 2.78. The number of nitriles is 1. The lowest BCUT2D eigenvalue weighted by Crippen LogP contribution is -2.30. The molecule has 0 unspecified atom stereocenters. The SMILES string of the molecule is C=CCOc1ccc(/C=C/C(=O)N(CCC#N)c2ccc(OCC)cc2)cc1OC. The highest BCUT2D eigenvalue weighted by molar-refractivity contribution is 6.03. The van der Waals surface area contributed by atoms with Crippen LogP contribution in [0.15, 0.2) is 61.2 Å². The van der Waals surface area contributed by atoms with E-state index >= 15 is 0 Å². The topological polar surface area (TPSA) is 71.8 Å². The second-order valence-corrected chi connectivity index (χ2v) is 6.17. The van der Waals surface area contributed by atoms with E-state index in [9.17, 15) is 4.79 Å². The average molecular weight is 406 g/mol. The van der Waals surface area contributed by atoms with E-state index in [-0.39, 0.29) is 12.3 Å². The van der Waals surface area contributed by atoms with E-state index < -0.39 is 0 Å². The first kappa shape index (κ1) is 22.6. The fourth-order valence-electron chi connectivity index (χ4n) is 2.73. The van der Waals surface area contributed by atoms with Gasteiger partial charge in [0.05, 0.1) is 26.2 Å². The van der Waals surface area contributed by atoms with Crippen molar-refractivity contribution in [2.24, 2.45) is 0 Å². The van der Waals surface area contributed by atoms with Crippen LogP contribution in [-0.2, 0) is 4.79 Å². The minimum Gasteiger partial charge on any atom is -0.494 e. The van der Waals surface area contributed by atoms with Crippen LogP contribution in [0.5, 0.6) is 17.2 Å². The van der Waals surface area contributed by atoms with Crippen molar-refractivity contribution < 1.29 is 19.0 Å². The summed E-state index contributed by atoms with van der Waals surface area (Å²) in [4.78, 5) is 14.4. The van der Waals surface area contributed by atoms with Crippen LogP contribution in [0.2, 0.25) is 0 Å². The molecule has 0 N–H and O–H groups in total. The Hall–Kier alpha value is -3.72. The molecule has 6 nitrogen and oxygen atoms in total. The Morgan fingerprint density at radius 1 is 1.17 bits per heavy atom. The van der Waals surface area contributed by atoms with Gasteiger partial charge in [-0.05, 0) is 55.0 Å². The maximum atomic E-state index is 12.8. The van der Waals surface area contributed by atoms with Crippen LogP contribution in [0.25, 0.3) is 6.08 Å². The largest absolute Gasteiger partial charge is 0.494 e. The number of rotatable bonds is 11. The molecule has 1 amide bonds. The summed E-state index contributed by atoms with van der Waals surface area (Å²) in [5, 5.41) is 8.95. The zero-order chi connectivity index (χ0) is 21.8. The summed E-state index contributed by atoms with van der Waals surface area (Å²) >= 11 is 0. The molecule has 2 aromatic carbocycles. The van der Waals surface area contributed by atoms with E-state index in [4.69, 9.17) is 19.5 Å². The van der Waals surface area contributed by atoms with Crippen LogP contribution in [0.1, 0.15) is 18.9 Å². The van der Waals surface area contributed by atoms with Crippen molar-refractivity contribution >= 4 is 17.7 Å². The van der Waals surface area contributed by atoms with Crippen LogP contribution in [0.4, 0.5) is 5.69 Å². The first-order chi connectivity index (χ1) is 14.6. The number of methoxy groups -OCH3 is 1. The molecule has 0 heterocycles. The highest BCUT2D eigenvalue weighted by Gasteiger charge is 2.13. The second-order valence-electron chi connectivity index (χ2n) is 6.17. The third kappa shape index (κ3) is 6.42. The molecule has 0 aromatic heterocycles. The molecule has 2 rings (SSSR count). The predicted octanol–water partition coefficient (Wildman–Crippen LogP) is 4.62. The van der Waals surface area contributed by atoms with Gasteiger partial charge < -0.3 is 19.1 Å². The number of carbonyl (C=O) groups excluding carboxylic acids is 1. The summed E-state index contributed by atoms with van der Waals surface area (Å²) in [6, 6.07) is 14.7. The molecular formula is C24H26N2O4. The van der Waals surface area contributed by atoms with Crippen LogP contribution in [-0.4, -0.2) is 32.8 Å². The lowest BCUT2D eigenvalue weighted by atomic mass is 10.1. The van der Waals surface area contributed by atoms with E-state index in [1.807, 2.05) is 37.3 Å². The molecule has 2 aromatic rings. The Morgan fingerprint density at radius 3 is 2.57 bits per heavy atom. The molecule has 0 aliphatic heterocycles. The van der Waals surface area contributed by atoms with Gasteiger partial charge in [-0.25, -0.2) is 0 Å². The minimum atomic E-state index is -0.222. The fraction of sp³-hybridized carbons (Fsp3) is 0.250. The van der Waals surface area contributed by atoms with Crippen LogP contribution >= 0.6 is 0 Å². The van der Waals surface area contributed by atoms with Crippen molar-refractivity contribution in [2.45, 2.75) is 13.3 Å². The highest BCUT2D eigenvalue weighted by atomic mass is 16.5. The molecule has 0 fully saturated rings. The van der Waals surface area contributed by atoms with Gasteiger partial charge in [0.1, 0.15) is 12.4 Å². The maximum Gasteiger partial charge on any atom is 0.251 e. The number of carbonyl (C=O) groups is 1. The summed E-state index contributed by atoms with van der Waals surface area (Å²) in [7, 11) is 1.56. The number of ether oxygens (including phenoxy) is 3. The summed E-state index contributed by atoms with van der Waals surface area (Å²) in [6.07, 6.45) is 5.07. The molecule has 0 saturated heterocycles. The Bertz CT molecular complexity index is 914. The van der Waals surface area contributed by atoms with Crippen molar-refractivity contribution in [3.63, 3.8) is 0 Å². The lowest BCUT2D eigenvalue weighted by molar-refractivity contribution is -0.114. The van der Waals surface area contributed by atoms with Crippen molar-refractivity contribution in [2.75, 3.05) is 31.8 Å². The molecule has 0 spiro atoms. The third-order valence-electron chi connectivity index (χ3n) is 4.14. The zero-order valence-electron chi connectivity index (χ0n) is 17.3. The first-order valence-electron chi connectivity index (χ1n) is 9.64. The highest BCUT2D eigenvalue weighted by Crippen LogP contribution is 2.28. The molecule has 0 saturated carbocycles. The van der Waals surface area contributed by atoms with Crippen molar-refractivity contribution in [3.05, 3.63) is 66.8 Å². The van der Waals surface area contributed by atoms with Crippen molar-refractivity contribution in [1.29, 1.82) is 5.26 Å². The van der Waals surface area contributed by atoms with Crippen LogP contribution in [0.3, 0.4) is 0 Å². The van der Waals surface area contributed by atoms with Gasteiger partial charge in [-0.3, -0.25) is 4.79 Å². The van der Waals surface area contributed by atoms with Gasteiger partial charge >= 0.3 is 0 Å². The molecule has 156 valence electrons. The summed E-state index contributed by atoms with van der Waals surface area (Å²) < 4.78 is 16.3. The van der Waals surface area contributed by atoms with E-state index in [1.165, 1.54) is 6.08 Å². The first-order valence-corrected chi connectivity index (χ1v) is 9.64. The van der Waals surface area contributed by atoms with Gasteiger partial charge in [0.15, 0.2) is 11.5 Å². The lowest BCUT2D eigenvalue weighted by Gasteiger charge is -2.20. The molecule has 0 aliphatic carbocycles. The number of amides is 1. The second kappa shape index (κ2) is 12.0. The third-order valence-corrected chi connectivity index (χ3v) is 4.14. The van der Waals surface area contributed by atoms with Gasteiger partial charge in [-0.2, -0.15) is 5.26 Å². The van der Waals surface area contributed by atoms with Crippen LogP contribution < -0.4 is 19.1 Å². The Kier molecular flexibility index (Phi) is 9.01. The number of anilines is 1. The summed E-state index contributed by atoms with van der Waals surface area (Å²) in [6.45, 7) is 6.78. The number of benzene rings is 2. The van der Waals surface area contributed by atoms with Gasteiger partial charge in [0.2, 0.25) is 0 Å². The number of hydrogen-bond acceptors (Lipinski definition) is 5. The number of hydrogen-bond donors (Lipinski definition) is 0. The van der Waals surface area contributed by atoms with Crippen molar-refractivity contribution in [1.82, 2.24) is 0 Å².